The SMILES string of the molecule is O=C(NO)c1ccc(C(=O)n2c3ccccc3c3ccccc32)cc1. The average Bonchev–Trinajstić information content (AvgIpc) is 3.01. The van der Waals surface area contributed by atoms with Gasteiger partial charge in [0.25, 0.3) is 11.8 Å². The van der Waals surface area contributed by atoms with Crippen LogP contribution in [-0.2, 0) is 0 Å². The summed E-state index contributed by atoms with van der Waals surface area (Å²) in [6.45, 7) is 0. The van der Waals surface area contributed by atoms with E-state index in [0.29, 0.717) is 5.56 Å². The van der Waals surface area contributed by atoms with Crippen LogP contribution in [0.5, 0.6) is 0 Å². The number of para-hydroxylation sites is 2. The van der Waals surface area contributed by atoms with Gasteiger partial charge in [-0.1, -0.05) is 36.4 Å². The Balaban J connectivity index is 1.88. The minimum atomic E-state index is -0.615. The van der Waals surface area contributed by atoms with Crippen molar-refractivity contribution in [3.8, 4) is 0 Å². The molecule has 0 aliphatic rings. The van der Waals surface area contributed by atoms with Gasteiger partial charge in [0.15, 0.2) is 0 Å². The summed E-state index contributed by atoms with van der Waals surface area (Å²) in [5, 5.41) is 10.7. The molecule has 0 aliphatic heterocycles. The molecule has 0 saturated carbocycles. The van der Waals surface area contributed by atoms with E-state index in [1.165, 1.54) is 12.1 Å². The molecule has 0 spiro atoms. The minimum absolute atomic E-state index is 0.173. The molecule has 0 atom stereocenters. The first kappa shape index (κ1) is 15.1. The summed E-state index contributed by atoms with van der Waals surface area (Å²) in [5.41, 5.74) is 3.99. The van der Waals surface area contributed by atoms with Crippen LogP contribution in [-0.4, -0.2) is 21.6 Å². The van der Waals surface area contributed by atoms with Crippen molar-refractivity contribution in [1.82, 2.24) is 10.0 Å². The van der Waals surface area contributed by atoms with Crippen LogP contribution in [0.4, 0.5) is 0 Å². The number of benzene rings is 3. The average molecular weight is 330 g/mol. The Bertz CT molecular complexity index is 1060. The van der Waals surface area contributed by atoms with Crippen LogP contribution in [0, 0.1) is 0 Å². The quantitative estimate of drug-likeness (QED) is 0.436. The van der Waals surface area contributed by atoms with Gasteiger partial charge in [-0.05, 0) is 36.4 Å². The maximum absolute atomic E-state index is 13.1. The van der Waals surface area contributed by atoms with E-state index >= 15 is 0 Å². The number of aromatic nitrogens is 1. The zero-order chi connectivity index (χ0) is 17.4. The van der Waals surface area contributed by atoms with Crippen molar-refractivity contribution < 1.29 is 14.8 Å². The topological polar surface area (TPSA) is 71.3 Å². The number of nitrogens with one attached hydrogen (secondary N) is 1. The highest BCUT2D eigenvalue weighted by Crippen LogP contribution is 2.29. The van der Waals surface area contributed by atoms with Gasteiger partial charge in [0.1, 0.15) is 0 Å². The number of carbonyl (C=O) groups excluding carboxylic acids is 2. The molecule has 5 nitrogen and oxygen atoms in total. The molecule has 1 heterocycles. The molecule has 122 valence electrons. The van der Waals surface area contributed by atoms with Crippen LogP contribution in [0.3, 0.4) is 0 Å². The number of nitrogens with zero attached hydrogens (tertiary/aromatic N) is 1. The van der Waals surface area contributed by atoms with Crippen molar-refractivity contribution in [1.29, 1.82) is 0 Å². The molecule has 1 amide bonds. The maximum atomic E-state index is 13.1. The second-order valence-electron chi connectivity index (χ2n) is 5.69. The summed E-state index contributed by atoms with van der Waals surface area (Å²) in [7, 11) is 0. The van der Waals surface area contributed by atoms with Crippen LogP contribution >= 0.6 is 0 Å². The Labute approximate surface area is 143 Å². The summed E-state index contributed by atoms with van der Waals surface area (Å²) >= 11 is 0. The van der Waals surface area contributed by atoms with Crippen molar-refractivity contribution in [2.75, 3.05) is 0 Å². The molecule has 3 aromatic carbocycles. The fraction of sp³-hybridized carbons (Fsp3) is 0. The lowest BCUT2D eigenvalue weighted by molar-refractivity contribution is 0.0706. The lowest BCUT2D eigenvalue weighted by Gasteiger charge is -2.07. The molecule has 4 aromatic rings. The molecule has 1 aromatic heterocycles. The monoisotopic (exact) mass is 330 g/mol. The molecule has 25 heavy (non-hydrogen) atoms. The van der Waals surface area contributed by atoms with E-state index in [4.69, 9.17) is 5.21 Å². The number of hydrogen-bond acceptors (Lipinski definition) is 3. The van der Waals surface area contributed by atoms with Crippen LogP contribution in [0.1, 0.15) is 20.7 Å². The van der Waals surface area contributed by atoms with Gasteiger partial charge in [0, 0.05) is 21.9 Å². The van der Waals surface area contributed by atoms with Crippen LogP contribution in [0.25, 0.3) is 21.8 Å². The fourth-order valence-electron chi connectivity index (χ4n) is 3.10. The highest BCUT2D eigenvalue weighted by atomic mass is 16.5. The molecule has 0 radical (unpaired) electrons. The third kappa shape index (κ3) is 2.38. The molecular formula is C20H14N2O3. The highest BCUT2D eigenvalue weighted by molar-refractivity contribution is 6.16. The molecule has 0 unspecified atom stereocenters. The predicted octanol–water partition coefficient (Wildman–Crippen LogP) is 3.60. The van der Waals surface area contributed by atoms with Crippen LogP contribution in [0.2, 0.25) is 0 Å². The number of rotatable bonds is 2. The summed E-state index contributed by atoms with van der Waals surface area (Å²) in [4.78, 5) is 24.5. The Morgan fingerprint density at radius 2 is 1.20 bits per heavy atom. The van der Waals surface area contributed by atoms with E-state index in [1.807, 2.05) is 48.5 Å². The number of hydrogen-bond donors (Lipinski definition) is 2. The number of amides is 1. The molecule has 0 bridgehead atoms. The van der Waals surface area contributed by atoms with Gasteiger partial charge in [-0.2, -0.15) is 0 Å². The first-order chi connectivity index (χ1) is 12.2. The fourth-order valence-corrected chi connectivity index (χ4v) is 3.10. The van der Waals surface area contributed by atoms with E-state index in [-0.39, 0.29) is 11.5 Å². The highest BCUT2D eigenvalue weighted by Gasteiger charge is 2.17. The first-order valence-electron chi connectivity index (χ1n) is 7.78. The predicted molar refractivity (Wildman–Crippen MR) is 94.9 cm³/mol. The van der Waals surface area contributed by atoms with Crippen molar-refractivity contribution in [3.05, 3.63) is 83.9 Å². The molecular weight excluding hydrogens is 316 g/mol. The Morgan fingerprint density at radius 1 is 0.720 bits per heavy atom. The Morgan fingerprint density at radius 3 is 1.72 bits per heavy atom. The zero-order valence-electron chi connectivity index (χ0n) is 13.1. The van der Waals surface area contributed by atoms with E-state index in [0.717, 1.165) is 21.8 Å². The van der Waals surface area contributed by atoms with Crippen molar-refractivity contribution >= 4 is 33.6 Å². The second kappa shape index (κ2) is 5.89. The maximum Gasteiger partial charge on any atom is 0.274 e. The van der Waals surface area contributed by atoms with Crippen molar-refractivity contribution in [2.24, 2.45) is 0 Å². The second-order valence-corrected chi connectivity index (χ2v) is 5.69. The van der Waals surface area contributed by atoms with Crippen molar-refractivity contribution in [3.63, 3.8) is 0 Å². The summed E-state index contributed by atoms with van der Waals surface area (Å²) in [5.74, 6) is -0.788. The van der Waals surface area contributed by atoms with Crippen LogP contribution < -0.4 is 5.48 Å². The third-order valence-corrected chi connectivity index (χ3v) is 4.28. The lowest BCUT2D eigenvalue weighted by Crippen LogP contribution is -2.19. The van der Waals surface area contributed by atoms with Crippen LogP contribution in [0.15, 0.2) is 72.8 Å². The lowest BCUT2D eigenvalue weighted by atomic mass is 10.1. The van der Waals surface area contributed by atoms with Gasteiger partial charge < -0.3 is 0 Å². The Kier molecular flexibility index (Phi) is 3.56. The number of fused-ring (bicyclic) bond motifs is 3. The van der Waals surface area contributed by atoms with E-state index in [1.54, 1.807) is 22.2 Å². The molecule has 2 N–H and O–H groups in total. The normalized spacial score (nSPS) is 10.9. The first-order valence-corrected chi connectivity index (χ1v) is 7.78. The van der Waals surface area contributed by atoms with Gasteiger partial charge in [-0.3, -0.25) is 19.4 Å². The van der Waals surface area contributed by atoms with E-state index in [9.17, 15) is 9.59 Å². The van der Waals surface area contributed by atoms with Gasteiger partial charge in [0.2, 0.25) is 0 Å². The van der Waals surface area contributed by atoms with E-state index in [2.05, 4.69) is 0 Å². The summed E-state index contributed by atoms with van der Waals surface area (Å²) in [6.07, 6.45) is 0. The molecule has 0 aliphatic carbocycles. The van der Waals surface area contributed by atoms with Gasteiger partial charge >= 0.3 is 0 Å². The molecule has 4 rings (SSSR count). The Hall–Kier alpha value is -3.44. The zero-order valence-corrected chi connectivity index (χ0v) is 13.1. The summed E-state index contributed by atoms with van der Waals surface area (Å²) in [6, 6.07) is 21.7. The minimum Gasteiger partial charge on any atom is -0.288 e. The van der Waals surface area contributed by atoms with Gasteiger partial charge in [0.05, 0.1) is 11.0 Å². The molecule has 0 saturated heterocycles. The van der Waals surface area contributed by atoms with Gasteiger partial charge in [-0.15, -0.1) is 0 Å². The third-order valence-electron chi connectivity index (χ3n) is 4.28. The smallest absolute Gasteiger partial charge is 0.274 e. The number of carbonyl (C=O) groups is 2. The molecule has 5 heteroatoms. The van der Waals surface area contributed by atoms with Crippen molar-refractivity contribution in [2.45, 2.75) is 0 Å². The standard InChI is InChI=1S/C20H14N2O3/c23-19(21-25)13-9-11-14(12-10-13)20(24)22-17-7-3-1-5-15(17)16-6-2-4-8-18(16)22/h1-12,25H,(H,21,23). The van der Waals surface area contributed by atoms with Gasteiger partial charge in [-0.25, -0.2) is 5.48 Å². The summed E-state index contributed by atoms with van der Waals surface area (Å²) < 4.78 is 1.69. The number of hydroxylamine groups is 1. The van der Waals surface area contributed by atoms with E-state index < -0.39 is 5.91 Å². The molecule has 0 fully saturated rings. The largest absolute Gasteiger partial charge is 0.288 e.